The van der Waals surface area contributed by atoms with Crippen LogP contribution in [0.1, 0.15) is 15.9 Å². The second-order valence-corrected chi connectivity index (χ2v) is 8.67. The molecule has 184 valence electrons. The van der Waals surface area contributed by atoms with Crippen molar-refractivity contribution in [2.24, 2.45) is 0 Å². The third kappa shape index (κ3) is 5.44. The molecule has 2 N–H and O–H groups in total. The molecule has 0 saturated heterocycles. The summed E-state index contributed by atoms with van der Waals surface area (Å²) in [4.78, 5) is 28.4. The van der Waals surface area contributed by atoms with Crippen molar-refractivity contribution in [3.63, 3.8) is 0 Å². The van der Waals surface area contributed by atoms with Gasteiger partial charge in [0.15, 0.2) is 0 Å². The molecule has 2 aromatic heterocycles. The minimum absolute atomic E-state index is 0.274. The number of aromatic nitrogens is 2. The van der Waals surface area contributed by atoms with E-state index in [0.717, 1.165) is 17.4 Å². The van der Waals surface area contributed by atoms with Crippen LogP contribution in [0.3, 0.4) is 0 Å². The van der Waals surface area contributed by atoms with E-state index in [1.54, 1.807) is 59.2 Å². The number of carboxylic acids is 1. The zero-order valence-electron chi connectivity index (χ0n) is 19.2. The van der Waals surface area contributed by atoms with Gasteiger partial charge in [0.25, 0.3) is 0 Å². The zero-order valence-corrected chi connectivity index (χ0v) is 19.9. The van der Waals surface area contributed by atoms with E-state index in [2.05, 4.69) is 10.3 Å². The molecule has 5 rings (SSSR count). The third-order valence-corrected chi connectivity index (χ3v) is 5.90. The van der Waals surface area contributed by atoms with Crippen LogP contribution in [-0.4, -0.2) is 20.6 Å². The summed E-state index contributed by atoms with van der Waals surface area (Å²) >= 11 is 5.99. The van der Waals surface area contributed by atoms with Crippen molar-refractivity contribution in [2.45, 2.75) is 6.54 Å². The van der Waals surface area contributed by atoms with Gasteiger partial charge < -0.3 is 19.7 Å². The predicted molar refractivity (Wildman–Crippen MR) is 140 cm³/mol. The van der Waals surface area contributed by atoms with Gasteiger partial charge in [0.1, 0.15) is 17.1 Å². The van der Waals surface area contributed by atoms with E-state index in [0.29, 0.717) is 33.9 Å². The highest BCUT2D eigenvalue weighted by atomic mass is 35.5. The molecule has 0 amide bonds. The summed E-state index contributed by atoms with van der Waals surface area (Å²) in [5, 5.41) is 13.7. The maximum Gasteiger partial charge on any atom is 0.341 e. The average molecular weight is 516 g/mol. The molecule has 2 heterocycles. The number of fused-ring (bicyclic) bond motifs is 1. The van der Waals surface area contributed by atoms with E-state index in [4.69, 9.17) is 16.3 Å². The van der Waals surface area contributed by atoms with Crippen molar-refractivity contribution in [2.75, 3.05) is 5.32 Å². The van der Waals surface area contributed by atoms with E-state index < -0.39 is 17.2 Å². The van der Waals surface area contributed by atoms with Gasteiger partial charge in [0.05, 0.1) is 11.7 Å². The van der Waals surface area contributed by atoms with Crippen LogP contribution < -0.4 is 15.5 Å². The molecule has 0 radical (unpaired) electrons. The lowest BCUT2D eigenvalue weighted by Crippen LogP contribution is -2.19. The summed E-state index contributed by atoms with van der Waals surface area (Å²) in [5.41, 5.74) is 2.10. The number of hydrogen-bond donors (Lipinski definition) is 2. The average Bonchev–Trinajstić information content (AvgIpc) is 2.89. The number of nitrogens with zero attached hydrogens (tertiary/aromatic N) is 2. The van der Waals surface area contributed by atoms with E-state index in [1.807, 2.05) is 12.1 Å². The van der Waals surface area contributed by atoms with Crippen LogP contribution in [-0.2, 0) is 6.54 Å². The van der Waals surface area contributed by atoms with Crippen molar-refractivity contribution >= 4 is 39.8 Å². The first-order chi connectivity index (χ1) is 17.9. The number of carboxylic acid groups (broad SMARTS) is 1. The molecule has 0 spiro atoms. The highest BCUT2D eigenvalue weighted by Gasteiger charge is 2.15. The van der Waals surface area contributed by atoms with Gasteiger partial charge in [-0.25, -0.2) is 14.2 Å². The number of ether oxygens (including phenoxy) is 1. The Morgan fingerprint density at radius 3 is 2.41 bits per heavy atom. The third-order valence-electron chi connectivity index (χ3n) is 5.64. The van der Waals surface area contributed by atoms with Gasteiger partial charge in [-0.3, -0.25) is 4.79 Å². The Morgan fingerprint density at radius 1 is 1.00 bits per heavy atom. The Labute approximate surface area is 215 Å². The zero-order chi connectivity index (χ0) is 25.9. The molecule has 5 aromatic rings. The molecule has 0 unspecified atom stereocenters. The Bertz CT molecular complexity index is 1650. The summed E-state index contributed by atoms with van der Waals surface area (Å²) in [7, 11) is 0. The number of nitrogens with one attached hydrogen (secondary N) is 1. The summed E-state index contributed by atoms with van der Waals surface area (Å²) in [6.45, 7) is 0.348. The first-order valence-electron chi connectivity index (χ1n) is 11.2. The van der Waals surface area contributed by atoms with Crippen molar-refractivity contribution in [3.05, 3.63) is 123 Å². The minimum atomic E-state index is -1.28. The number of halogens is 2. The van der Waals surface area contributed by atoms with Gasteiger partial charge in [-0.1, -0.05) is 23.7 Å². The number of pyridine rings is 2. The van der Waals surface area contributed by atoms with Gasteiger partial charge in [-0.2, -0.15) is 0 Å². The molecular formula is C28H19ClFN3O4. The second-order valence-electron chi connectivity index (χ2n) is 8.23. The van der Waals surface area contributed by atoms with Gasteiger partial charge in [0, 0.05) is 40.6 Å². The summed E-state index contributed by atoms with van der Waals surface area (Å²) in [6.07, 6.45) is 2.44. The molecule has 0 aliphatic carbocycles. The van der Waals surface area contributed by atoms with E-state index in [1.165, 1.54) is 18.3 Å². The van der Waals surface area contributed by atoms with E-state index in [9.17, 15) is 19.1 Å². The maximum atomic E-state index is 13.0. The standard InChI is InChI=1S/C28H19ClFN3O4/c29-18-3-1-17(2-4-18)15-33-16-24(28(35)36)27(34)23-11-8-21(13-25(23)33)32-20-6-9-22(10-7-20)37-26-12-5-19(30)14-31-26/h1-14,16,32H,15H2,(H,35,36). The van der Waals surface area contributed by atoms with Crippen LogP contribution in [0.2, 0.25) is 5.02 Å². The van der Waals surface area contributed by atoms with Gasteiger partial charge in [0.2, 0.25) is 11.3 Å². The monoisotopic (exact) mass is 515 g/mol. The Morgan fingerprint density at radius 2 is 1.73 bits per heavy atom. The predicted octanol–water partition coefficient (Wildman–Crippen LogP) is 6.47. The van der Waals surface area contributed by atoms with E-state index in [-0.39, 0.29) is 11.4 Å². The Hall–Kier alpha value is -4.69. The Kier molecular flexibility index (Phi) is 6.57. The minimum Gasteiger partial charge on any atom is -0.477 e. The van der Waals surface area contributed by atoms with Crippen molar-refractivity contribution in [1.29, 1.82) is 0 Å². The lowest BCUT2D eigenvalue weighted by Gasteiger charge is -2.15. The fourth-order valence-corrected chi connectivity index (χ4v) is 3.98. The van der Waals surface area contributed by atoms with Crippen molar-refractivity contribution in [1.82, 2.24) is 9.55 Å². The number of rotatable bonds is 7. The lowest BCUT2D eigenvalue weighted by molar-refractivity contribution is 0.0695. The van der Waals surface area contributed by atoms with Crippen molar-refractivity contribution < 1.29 is 19.0 Å². The van der Waals surface area contributed by atoms with Crippen molar-refractivity contribution in [3.8, 4) is 11.6 Å². The van der Waals surface area contributed by atoms with Crippen LogP contribution >= 0.6 is 11.6 Å². The quantitative estimate of drug-likeness (QED) is 0.258. The van der Waals surface area contributed by atoms with Crippen LogP contribution in [0, 0.1) is 5.82 Å². The summed E-state index contributed by atoms with van der Waals surface area (Å²) in [5.74, 6) is -0.922. The molecular weight excluding hydrogens is 497 g/mol. The molecule has 0 fully saturated rings. The number of benzene rings is 3. The van der Waals surface area contributed by atoms with Crippen LogP contribution in [0.5, 0.6) is 11.6 Å². The smallest absolute Gasteiger partial charge is 0.341 e. The van der Waals surface area contributed by atoms with Crippen LogP contribution in [0.15, 0.2) is 96.1 Å². The SMILES string of the molecule is O=C(O)c1cn(Cc2ccc(Cl)cc2)c2cc(Nc3ccc(Oc4ccc(F)cn4)cc3)ccc2c1=O. The van der Waals surface area contributed by atoms with Gasteiger partial charge >= 0.3 is 5.97 Å². The highest BCUT2D eigenvalue weighted by Crippen LogP contribution is 2.26. The largest absolute Gasteiger partial charge is 0.477 e. The lowest BCUT2D eigenvalue weighted by atomic mass is 10.1. The number of aromatic carboxylic acids is 1. The Balaban J connectivity index is 1.44. The fraction of sp³-hybridized carbons (Fsp3) is 0.0357. The van der Waals surface area contributed by atoms with Crippen LogP contribution in [0.25, 0.3) is 10.9 Å². The maximum absolute atomic E-state index is 13.0. The summed E-state index contributed by atoms with van der Waals surface area (Å²) < 4.78 is 20.4. The molecule has 0 saturated carbocycles. The van der Waals surface area contributed by atoms with Gasteiger partial charge in [-0.05, 0) is 66.2 Å². The number of anilines is 2. The number of hydrogen-bond acceptors (Lipinski definition) is 5. The summed E-state index contributed by atoms with van der Waals surface area (Å²) in [6, 6.07) is 22.1. The van der Waals surface area contributed by atoms with Crippen LogP contribution in [0.4, 0.5) is 15.8 Å². The topological polar surface area (TPSA) is 93.4 Å². The molecule has 3 aromatic carbocycles. The first-order valence-corrected chi connectivity index (χ1v) is 11.5. The normalized spacial score (nSPS) is 10.9. The molecule has 0 bridgehead atoms. The molecule has 0 atom stereocenters. The second kappa shape index (κ2) is 10.1. The first kappa shape index (κ1) is 24.0. The highest BCUT2D eigenvalue weighted by molar-refractivity contribution is 6.30. The molecule has 0 aliphatic heterocycles. The van der Waals surface area contributed by atoms with Gasteiger partial charge in [-0.15, -0.1) is 0 Å². The molecule has 7 nitrogen and oxygen atoms in total. The van der Waals surface area contributed by atoms with E-state index >= 15 is 0 Å². The molecule has 37 heavy (non-hydrogen) atoms. The molecule has 0 aliphatic rings. The molecule has 9 heteroatoms. The number of carbonyl (C=O) groups is 1. The fourth-order valence-electron chi connectivity index (χ4n) is 3.85.